The lowest BCUT2D eigenvalue weighted by Crippen LogP contribution is -2.04. The summed E-state index contributed by atoms with van der Waals surface area (Å²) in [6, 6.07) is 4.63. The highest BCUT2D eigenvalue weighted by atomic mass is 16.4. The van der Waals surface area contributed by atoms with Crippen molar-refractivity contribution in [3.63, 3.8) is 0 Å². The fraction of sp³-hybridized carbons (Fsp3) is 0.100. The molecule has 0 fully saturated rings. The van der Waals surface area contributed by atoms with Crippen LogP contribution in [0.5, 0.6) is 0 Å². The fourth-order valence-electron chi connectivity index (χ4n) is 1.24. The molecule has 0 saturated heterocycles. The van der Waals surface area contributed by atoms with Crippen LogP contribution in [-0.4, -0.2) is 30.9 Å². The zero-order valence-corrected chi connectivity index (χ0v) is 8.24. The van der Waals surface area contributed by atoms with Gasteiger partial charge in [0.25, 0.3) is 0 Å². The summed E-state index contributed by atoms with van der Waals surface area (Å²) >= 11 is 0. The van der Waals surface area contributed by atoms with Gasteiger partial charge in [-0.2, -0.15) is 5.10 Å². The number of aromatic carboxylic acids is 1. The monoisotopic (exact) mass is 219 g/mol. The number of carboxylic acid groups (broad SMARTS) is 1. The van der Waals surface area contributed by atoms with Crippen molar-refractivity contribution in [2.45, 2.75) is 6.61 Å². The Kier molecular flexibility index (Phi) is 2.65. The Labute approximate surface area is 90.8 Å². The van der Waals surface area contributed by atoms with Gasteiger partial charge in [0.15, 0.2) is 11.5 Å². The van der Waals surface area contributed by atoms with Crippen molar-refractivity contribution >= 4 is 5.97 Å². The normalized spacial score (nSPS) is 10.3. The summed E-state index contributed by atoms with van der Waals surface area (Å²) in [6.45, 7) is -0.112. The van der Waals surface area contributed by atoms with Crippen LogP contribution in [0.25, 0.3) is 5.82 Å². The van der Waals surface area contributed by atoms with E-state index in [-0.39, 0.29) is 12.3 Å². The van der Waals surface area contributed by atoms with Crippen LogP contribution in [0.3, 0.4) is 0 Å². The van der Waals surface area contributed by atoms with Crippen LogP contribution in [0.15, 0.2) is 30.6 Å². The molecular formula is C10H9N3O3. The average molecular weight is 219 g/mol. The van der Waals surface area contributed by atoms with Gasteiger partial charge in [0.05, 0.1) is 12.8 Å². The molecule has 0 aromatic carbocycles. The molecule has 0 atom stereocenters. The van der Waals surface area contributed by atoms with E-state index in [2.05, 4.69) is 10.1 Å². The highest BCUT2D eigenvalue weighted by molar-refractivity contribution is 5.85. The Morgan fingerprint density at radius 1 is 1.44 bits per heavy atom. The second kappa shape index (κ2) is 4.11. The zero-order valence-electron chi connectivity index (χ0n) is 8.24. The van der Waals surface area contributed by atoms with Gasteiger partial charge in [-0.05, 0) is 12.1 Å². The third-order valence-electron chi connectivity index (χ3n) is 2.01. The van der Waals surface area contributed by atoms with Crippen LogP contribution >= 0.6 is 0 Å². The van der Waals surface area contributed by atoms with Gasteiger partial charge in [0.1, 0.15) is 0 Å². The van der Waals surface area contributed by atoms with E-state index in [1.807, 2.05) is 0 Å². The molecule has 2 heterocycles. The number of pyridine rings is 1. The molecule has 0 amide bonds. The van der Waals surface area contributed by atoms with Crippen molar-refractivity contribution in [3.8, 4) is 5.82 Å². The smallest absolute Gasteiger partial charge is 0.354 e. The molecule has 2 N–H and O–H groups in total. The van der Waals surface area contributed by atoms with Crippen molar-refractivity contribution in [3.05, 3.63) is 41.9 Å². The molecule has 0 radical (unpaired) electrons. The van der Waals surface area contributed by atoms with Crippen LogP contribution < -0.4 is 0 Å². The number of aliphatic hydroxyl groups is 1. The highest BCUT2D eigenvalue weighted by Crippen LogP contribution is 2.06. The quantitative estimate of drug-likeness (QED) is 0.782. The summed E-state index contributed by atoms with van der Waals surface area (Å²) < 4.78 is 1.41. The number of carbonyl (C=O) groups is 1. The van der Waals surface area contributed by atoms with Gasteiger partial charge >= 0.3 is 5.97 Å². The van der Waals surface area contributed by atoms with Crippen molar-refractivity contribution < 1.29 is 15.0 Å². The Morgan fingerprint density at radius 3 is 2.88 bits per heavy atom. The first kappa shape index (κ1) is 10.3. The maximum Gasteiger partial charge on any atom is 0.354 e. The molecule has 2 aromatic heterocycles. The third-order valence-corrected chi connectivity index (χ3v) is 2.01. The van der Waals surface area contributed by atoms with E-state index in [0.717, 1.165) is 0 Å². The molecule has 6 heteroatoms. The minimum absolute atomic E-state index is 0.0430. The summed E-state index contributed by atoms with van der Waals surface area (Å²) in [7, 11) is 0. The molecule has 0 unspecified atom stereocenters. The number of aromatic nitrogens is 3. The Hall–Kier alpha value is -2.21. The predicted octanol–water partition coefficient (Wildman–Crippen LogP) is 0.458. The van der Waals surface area contributed by atoms with Crippen LogP contribution in [-0.2, 0) is 6.61 Å². The second-order valence-corrected chi connectivity index (χ2v) is 3.14. The maximum atomic E-state index is 10.7. The van der Waals surface area contributed by atoms with E-state index >= 15 is 0 Å². The van der Waals surface area contributed by atoms with Gasteiger partial charge in [-0.3, -0.25) is 0 Å². The van der Waals surface area contributed by atoms with Crippen LogP contribution in [0, 0.1) is 0 Å². The largest absolute Gasteiger partial charge is 0.477 e. The predicted molar refractivity (Wildman–Crippen MR) is 54.2 cm³/mol. The third kappa shape index (κ3) is 1.91. The summed E-state index contributed by atoms with van der Waals surface area (Å²) in [4.78, 5) is 14.6. The Morgan fingerprint density at radius 2 is 2.25 bits per heavy atom. The molecule has 0 saturated carbocycles. The van der Waals surface area contributed by atoms with E-state index < -0.39 is 5.97 Å². The minimum atomic E-state index is -1.09. The first-order chi connectivity index (χ1) is 7.70. The van der Waals surface area contributed by atoms with E-state index in [1.54, 1.807) is 18.3 Å². The lowest BCUT2D eigenvalue weighted by Gasteiger charge is -2.00. The first-order valence-electron chi connectivity index (χ1n) is 4.56. The summed E-state index contributed by atoms with van der Waals surface area (Å²) in [5.74, 6) is -0.684. The van der Waals surface area contributed by atoms with E-state index in [0.29, 0.717) is 11.4 Å². The van der Waals surface area contributed by atoms with Crippen molar-refractivity contribution in [2.24, 2.45) is 0 Å². The molecule has 6 nitrogen and oxygen atoms in total. The minimum Gasteiger partial charge on any atom is -0.477 e. The van der Waals surface area contributed by atoms with Crippen molar-refractivity contribution in [1.82, 2.24) is 14.8 Å². The topological polar surface area (TPSA) is 88.2 Å². The summed E-state index contributed by atoms with van der Waals surface area (Å²) in [6.07, 6.45) is 3.09. The second-order valence-electron chi connectivity index (χ2n) is 3.14. The van der Waals surface area contributed by atoms with Gasteiger partial charge in [0.2, 0.25) is 0 Å². The highest BCUT2D eigenvalue weighted by Gasteiger charge is 2.07. The van der Waals surface area contributed by atoms with Gasteiger partial charge < -0.3 is 10.2 Å². The number of carboxylic acids is 1. The summed E-state index contributed by atoms with van der Waals surface area (Å²) in [5, 5.41) is 21.6. The van der Waals surface area contributed by atoms with Gasteiger partial charge in [-0.25, -0.2) is 14.5 Å². The fourth-order valence-corrected chi connectivity index (χ4v) is 1.24. The van der Waals surface area contributed by atoms with Gasteiger partial charge in [-0.15, -0.1) is 0 Å². The SMILES string of the molecule is O=C(O)c1cccc(-n2cc(CO)cn2)n1. The van der Waals surface area contributed by atoms with Crippen LogP contribution in [0.1, 0.15) is 16.1 Å². The Balaban J connectivity index is 2.40. The van der Waals surface area contributed by atoms with Crippen molar-refractivity contribution in [2.75, 3.05) is 0 Å². The maximum absolute atomic E-state index is 10.7. The molecular weight excluding hydrogens is 210 g/mol. The molecule has 82 valence electrons. The molecule has 0 aliphatic carbocycles. The molecule has 0 bridgehead atoms. The first-order valence-corrected chi connectivity index (χ1v) is 4.56. The number of hydrogen-bond acceptors (Lipinski definition) is 4. The molecule has 0 aliphatic heterocycles. The number of rotatable bonds is 3. The van der Waals surface area contributed by atoms with Crippen molar-refractivity contribution in [1.29, 1.82) is 0 Å². The number of aliphatic hydroxyl groups excluding tert-OH is 1. The number of nitrogens with zero attached hydrogens (tertiary/aromatic N) is 3. The van der Waals surface area contributed by atoms with Gasteiger partial charge in [0, 0.05) is 11.8 Å². The lowest BCUT2D eigenvalue weighted by atomic mass is 10.3. The zero-order chi connectivity index (χ0) is 11.5. The van der Waals surface area contributed by atoms with Gasteiger partial charge in [-0.1, -0.05) is 6.07 Å². The van der Waals surface area contributed by atoms with Crippen LogP contribution in [0.2, 0.25) is 0 Å². The molecule has 0 spiro atoms. The average Bonchev–Trinajstić information content (AvgIpc) is 2.77. The van der Waals surface area contributed by atoms with E-state index in [4.69, 9.17) is 10.2 Å². The number of hydrogen-bond donors (Lipinski definition) is 2. The van der Waals surface area contributed by atoms with Crippen LogP contribution in [0.4, 0.5) is 0 Å². The molecule has 16 heavy (non-hydrogen) atoms. The van der Waals surface area contributed by atoms with E-state index in [9.17, 15) is 4.79 Å². The Bertz CT molecular complexity index is 522. The standard InChI is InChI=1S/C10H9N3O3/c14-6-7-4-11-13(5-7)9-3-1-2-8(12-9)10(15)16/h1-5,14H,6H2,(H,15,16). The lowest BCUT2D eigenvalue weighted by molar-refractivity contribution is 0.0690. The van der Waals surface area contributed by atoms with E-state index in [1.165, 1.54) is 16.9 Å². The molecule has 0 aliphatic rings. The molecule has 2 rings (SSSR count). The molecule has 2 aromatic rings. The summed E-state index contributed by atoms with van der Waals surface area (Å²) in [5.41, 5.74) is 0.598.